The first-order valence-corrected chi connectivity index (χ1v) is 11.0. The number of carbonyl (C=O) groups is 1. The number of Topliss-reactive ketones (excluding diaryl/α,β-unsaturated/α-hetero) is 1. The van der Waals surface area contributed by atoms with E-state index in [4.69, 9.17) is 10.6 Å². The van der Waals surface area contributed by atoms with Crippen LogP contribution in [0.3, 0.4) is 0 Å². The topological polar surface area (TPSA) is 64.7 Å². The van der Waals surface area contributed by atoms with Gasteiger partial charge in [0.25, 0.3) is 0 Å². The number of nitrogens with zero attached hydrogens (tertiary/aromatic N) is 1. The van der Waals surface area contributed by atoms with E-state index in [0.717, 1.165) is 38.0 Å². The summed E-state index contributed by atoms with van der Waals surface area (Å²) in [7, 11) is 0. The molecule has 158 valence electrons. The predicted octanol–water partition coefficient (Wildman–Crippen LogP) is 4.76. The summed E-state index contributed by atoms with van der Waals surface area (Å²) in [5, 5.41) is 4.40. The van der Waals surface area contributed by atoms with Gasteiger partial charge in [0.2, 0.25) is 0 Å². The van der Waals surface area contributed by atoms with Crippen molar-refractivity contribution >= 4 is 23.9 Å². The molecular weight excluding hydrogens is 372 g/mol. The Balaban J connectivity index is 0.00000225. The van der Waals surface area contributed by atoms with E-state index in [1.54, 1.807) is 0 Å². The summed E-state index contributed by atoms with van der Waals surface area (Å²) in [6.07, 6.45) is 10.9. The van der Waals surface area contributed by atoms with Crippen LogP contribution in [0.4, 0.5) is 0 Å². The molecule has 0 saturated heterocycles. The zero-order valence-corrected chi connectivity index (χ0v) is 18.3. The van der Waals surface area contributed by atoms with Gasteiger partial charge in [-0.05, 0) is 80.0 Å². The second-order valence-electron chi connectivity index (χ2n) is 10.0. The van der Waals surface area contributed by atoms with Gasteiger partial charge in [-0.1, -0.05) is 25.1 Å². The minimum atomic E-state index is -0.0482. The number of nitrogens with two attached hydrogens (primary N) is 1. The molecular formula is C23H37ClN2O2. The quantitative estimate of drug-likeness (QED) is 0.414. The normalized spacial score (nSPS) is 46.2. The molecule has 0 amide bonds. The fraction of sp³-hybridized carbons (Fsp3) is 0.826. The van der Waals surface area contributed by atoms with E-state index in [9.17, 15) is 4.79 Å². The molecule has 7 atom stereocenters. The zero-order chi connectivity index (χ0) is 19.2. The molecule has 5 heteroatoms. The highest BCUT2D eigenvalue weighted by Gasteiger charge is 2.61. The number of allylic oxidation sites excluding steroid dienone is 1. The van der Waals surface area contributed by atoms with E-state index in [-0.39, 0.29) is 17.8 Å². The minimum absolute atomic E-state index is 0. The van der Waals surface area contributed by atoms with Crippen LogP contribution in [0.1, 0.15) is 65.2 Å². The van der Waals surface area contributed by atoms with E-state index in [1.165, 1.54) is 25.0 Å². The molecule has 0 aromatic carbocycles. The van der Waals surface area contributed by atoms with Gasteiger partial charge in [0.15, 0.2) is 0 Å². The molecule has 0 spiro atoms. The lowest BCUT2D eigenvalue weighted by Crippen LogP contribution is -2.56. The molecule has 28 heavy (non-hydrogen) atoms. The van der Waals surface area contributed by atoms with Crippen LogP contribution in [0.25, 0.3) is 0 Å². The van der Waals surface area contributed by atoms with Crippen molar-refractivity contribution in [1.82, 2.24) is 0 Å². The maximum atomic E-state index is 12.6. The van der Waals surface area contributed by atoms with E-state index in [0.29, 0.717) is 48.0 Å². The Morgan fingerprint density at radius 3 is 2.71 bits per heavy atom. The van der Waals surface area contributed by atoms with Gasteiger partial charge >= 0.3 is 0 Å². The van der Waals surface area contributed by atoms with Crippen LogP contribution in [0.15, 0.2) is 17.8 Å². The van der Waals surface area contributed by atoms with Crippen molar-refractivity contribution in [3.8, 4) is 0 Å². The van der Waals surface area contributed by atoms with Gasteiger partial charge in [-0.15, -0.1) is 19.0 Å². The third-order valence-electron chi connectivity index (χ3n) is 9.01. The average molecular weight is 409 g/mol. The Morgan fingerprint density at radius 1 is 1.21 bits per heavy atom. The number of fused-ring (bicyclic) bond motifs is 5. The van der Waals surface area contributed by atoms with Gasteiger partial charge in [0, 0.05) is 18.4 Å². The lowest BCUT2D eigenvalue weighted by molar-refractivity contribution is -0.140. The van der Waals surface area contributed by atoms with E-state index in [1.807, 2.05) is 0 Å². The number of oxime groups is 1. The molecule has 4 fully saturated rings. The summed E-state index contributed by atoms with van der Waals surface area (Å²) in [6.45, 7) is 10.0. The Hall–Kier alpha value is -0.870. The number of ketones is 1. The highest BCUT2D eigenvalue weighted by atomic mass is 35.5. The molecule has 0 heterocycles. The van der Waals surface area contributed by atoms with Crippen molar-refractivity contribution in [2.75, 3.05) is 13.2 Å². The van der Waals surface area contributed by atoms with Crippen molar-refractivity contribution < 1.29 is 9.63 Å². The third kappa shape index (κ3) is 3.25. The number of halogens is 1. The first-order valence-electron chi connectivity index (χ1n) is 11.0. The molecule has 0 aromatic rings. The molecule has 0 radical (unpaired) electrons. The smallest absolute Gasteiger partial charge is 0.139 e. The third-order valence-corrected chi connectivity index (χ3v) is 9.01. The Bertz CT molecular complexity index is 651. The molecule has 2 unspecified atom stereocenters. The highest BCUT2D eigenvalue weighted by molar-refractivity contribution is 5.87. The first kappa shape index (κ1) is 21.8. The lowest BCUT2D eigenvalue weighted by Gasteiger charge is -2.61. The molecule has 0 aliphatic heterocycles. The Labute approximate surface area is 176 Å². The second kappa shape index (κ2) is 8.10. The lowest BCUT2D eigenvalue weighted by atomic mass is 9.43. The van der Waals surface area contributed by atoms with Gasteiger partial charge < -0.3 is 10.6 Å². The van der Waals surface area contributed by atoms with Crippen molar-refractivity contribution in [2.45, 2.75) is 65.2 Å². The molecule has 4 saturated carbocycles. The fourth-order valence-corrected chi connectivity index (χ4v) is 7.51. The SMILES string of the molecule is C=CC1C[C@@H]2[C@@H](CC[C@]3(C)C(=O)CC[C@@H]23)[C@@]2(C)CCC(=NOCCN)CC12.Cl. The van der Waals surface area contributed by atoms with E-state index < -0.39 is 0 Å². The standard InChI is InChI=1S/C23H36N2O2.ClH/c1-4-15-13-17-18-5-6-21(26)23(18,3)10-8-19(17)22(2)9-7-16(14-20(15)22)25-27-12-11-24;/h4,15,17-20H,1,5-14,24H2,2-3H3;1H/t15?,17-,18-,19+,20?,22+,23-;/m0./s1. The van der Waals surface area contributed by atoms with Gasteiger partial charge in [0.05, 0.1) is 5.71 Å². The van der Waals surface area contributed by atoms with E-state index in [2.05, 4.69) is 31.7 Å². The summed E-state index contributed by atoms with van der Waals surface area (Å²) in [4.78, 5) is 18.0. The Morgan fingerprint density at radius 2 is 2.00 bits per heavy atom. The van der Waals surface area contributed by atoms with Crippen molar-refractivity contribution in [3.63, 3.8) is 0 Å². The molecule has 4 nitrogen and oxygen atoms in total. The van der Waals surface area contributed by atoms with Gasteiger partial charge in [0.1, 0.15) is 12.4 Å². The Kier molecular flexibility index (Phi) is 6.32. The second-order valence-corrected chi connectivity index (χ2v) is 10.0. The van der Waals surface area contributed by atoms with E-state index >= 15 is 0 Å². The molecule has 2 N–H and O–H groups in total. The van der Waals surface area contributed by atoms with Crippen LogP contribution < -0.4 is 5.73 Å². The maximum Gasteiger partial charge on any atom is 0.139 e. The van der Waals surface area contributed by atoms with Crippen molar-refractivity contribution in [1.29, 1.82) is 0 Å². The predicted molar refractivity (Wildman–Crippen MR) is 115 cm³/mol. The van der Waals surface area contributed by atoms with Gasteiger partial charge in [-0.2, -0.15) is 0 Å². The number of hydrogen-bond acceptors (Lipinski definition) is 4. The highest BCUT2D eigenvalue weighted by Crippen LogP contribution is 2.66. The number of rotatable bonds is 4. The minimum Gasteiger partial charge on any atom is -0.395 e. The van der Waals surface area contributed by atoms with Crippen LogP contribution in [0, 0.1) is 40.4 Å². The monoisotopic (exact) mass is 408 g/mol. The van der Waals surface area contributed by atoms with Crippen molar-refractivity contribution in [2.24, 2.45) is 51.3 Å². The summed E-state index contributed by atoms with van der Waals surface area (Å²) in [5.41, 5.74) is 7.01. The summed E-state index contributed by atoms with van der Waals surface area (Å²) in [5.74, 6) is 3.68. The summed E-state index contributed by atoms with van der Waals surface area (Å²) in [6, 6.07) is 0. The number of hydrogen-bond donors (Lipinski definition) is 1. The van der Waals surface area contributed by atoms with Crippen molar-refractivity contribution in [3.05, 3.63) is 12.7 Å². The van der Waals surface area contributed by atoms with Crippen LogP contribution in [0.5, 0.6) is 0 Å². The zero-order valence-electron chi connectivity index (χ0n) is 17.5. The van der Waals surface area contributed by atoms with Crippen LogP contribution in [-0.4, -0.2) is 24.6 Å². The molecule has 4 rings (SSSR count). The molecule has 4 aliphatic carbocycles. The fourth-order valence-electron chi connectivity index (χ4n) is 7.51. The maximum absolute atomic E-state index is 12.6. The molecule has 0 aromatic heterocycles. The molecule has 4 aliphatic rings. The van der Waals surface area contributed by atoms with Crippen LogP contribution in [0.2, 0.25) is 0 Å². The largest absolute Gasteiger partial charge is 0.395 e. The van der Waals surface area contributed by atoms with Gasteiger partial charge in [-0.25, -0.2) is 0 Å². The first-order chi connectivity index (χ1) is 12.9. The van der Waals surface area contributed by atoms with Gasteiger partial charge in [-0.3, -0.25) is 4.79 Å². The van der Waals surface area contributed by atoms with Crippen LogP contribution >= 0.6 is 12.4 Å². The molecule has 0 bridgehead atoms. The number of carbonyl (C=O) groups excluding carboxylic acids is 1. The average Bonchev–Trinajstić information content (AvgIpc) is 2.96. The van der Waals surface area contributed by atoms with Crippen LogP contribution in [-0.2, 0) is 9.63 Å². The summed E-state index contributed by atoms with van der Waals surface area (Å²) < 4.78 is 0. The summed E-state index contributed by atoms with van der Waals surface area (Å²) >= 11 is 0.